The second-order valence-corrected chi connectivity index (χ2v) is 13.2. The van der Waals surface area contributed by atoms with Crippen LogP contribution in [0.2, 0.25) is 0 Å². The molecule has 0 bridgehead atoms. The molecule has 3 aliphatic rings. The minimum absolute atomic E-state index is 0.112. The molecule has 4 aromatic rings. The number of ether oxygens (including phenoxy) is 2. The molecule has 2 saturated heterocycles. The molecule has 0 aliphatic carbocycles. The Kier molecular flexibility index (Phi) is 10.8. The van der Waals surface area contributed by atoms with Crippen LogP contribution < -0.4 is 30.3 Å². The van der Waals surface area contributed by atoms with E-state index in [1.807, 2.05) is 24.3 Å². The Labute approximate surface area is 297 Å². The van der Waals surface area contributed by atoms with Gasteiger partial charge in [-0.15, -0.1) is 0 Å². The van der Waals surface area contributed by atoms with Crippen molar-refractivity contribution < 1.29 is 23.0 Å². The van der Waals surface area contributed by atoms with Gasteiger partial charge >= 0.3 is 0 Å². The number of carbonyl (C=O) groups excluding carboxylic acids is 1. The van der Waals surface area contributed by atoms with Gasteiger partial charge in [0.05, 0.1) is 30.8 Å². The summed E-state index contributed by atoms with van der Waals surface area (Å²) in [5.74, 6) is -0.363. The number of anilines is 3. The first kappa shape index (κ1) is 34.9. The first-order chi connectivity index (χ1) is 25.0. The first-order valence-electron chi connectivity index (χ1n) is 17.8. The average Bonchev–Trinajstić information content (AvgIpc) is 3.46. The summed E-state index contributed by atoms with van der Waals surface area (Å²) in [5.41, 5.74) is 0.988. The summed E-state index contributed by atoms with van der Waals surface area (Å²) in [6, 6.07) is 16.8. The van der Waals surface area contributed by atoms with Crippen LogP contribution in [0.1, 0.15) is 29.5 Å². The zero-order valence-corrected chi connectivity index (χ0v) is 29.0. The maximum atomic E-state index is 16.1. The molecular formula is C38H46F2N8O3. The van der Waals surface area contributed by atoms with Crippen molar-refractivity contribution in [1.82, 2.24) is 30.2 Å². The van der Waals surface area contributed by atoms with Gasteiger partial charge in [0.15, 0.2) is 23.1 Å². The predicted molar refractivity (Wildman–Crippen MR) is 193 cm³/mol. The van der Waals surface area contributed by atoms with Gasteiger partial charge in [-0.05, 0) is 60.4 Å². The third kappa shape index (κ3) is 7.16. The number of benzene rings is 3. The van der Waals surface area contributed by atoms with Crippen LogP contribution in [0.5, 0.6) is 11.5 Å². The normalized spacial score (nSPS) is 17.6. The van der Waals surface area contributed by atoms with Gasteiger partial charge in [0.1, 0.15) is 11.4 Å². The van der Waals surface area contributed by atoms with Crippen molar-refractivity contribution in [3.63, 3.8) is 0 Å². The molecule has 51 heavy (non-hydrogen) atoms. The number of nitrogens with zero attached hydrogens (tertiary/aromatic N) is 5. The lowest BCUT2D eigenvalue weighted by molar-refractivity contribution is -0.108. The fraction of sp³-hybridized carbons (Fsp3) is 0.421. The summed E-state index contributed by atoms with van der Waals surface area (Å²) in [4.78, 5) is 19.6. The lowest BCUT2D eigenvalue weighted by Crippen LogP contribution is -2.47. The molecule has 0 atom stereocenters. The molecule has 1 aromatic heterocycles. The number of halogens is 2. The first-order valence-corrected chi connectivity index (χ1v) is 17.8. The van der Waals surface area contributed by atoms with Crippen molar-refractivity contribution in [2.75, 3.05) is 88.9 Å². The summed E-state index contributed by atoms with van der Waals surface area (Å²) in [6.45, 7) is 10.3. The Balaban J connectivity index is 1.23. The molecule has 0 spiro atoms. The molecule has 13 heteroatoms. The number of hydrogen-bond donors (Lipinski definition) is 3. The number of nitrogens with one attached hydrogen (secondary N) is 3. The van der Waals surface area contributed by atoms with Gasteiger partial charge in [-0.3, -0.25) is 14.4 Å². The Morgan fingerprint density at radius 2 is 1.35 bits per heavy atom. The third-order valence-corrected chi connectivity index (χ3v) is 10.1. The lowest BCUT2D eigenvalue weighted by atomic mass is 9.76. The Morgan fingerprint density at radius 3 is 1.88 bits per heavy atom. The summed E-state index contributed by atoms with van der Waals surface area (Å²) in [7, 11) is 1.78. The van der Waals surface area contributed by atoms with Gasteiger partial charge in [0.2, 0.25) is 6.41 Å². The number of amides is 1. The monoisotopic (exact) mass is 700 g/mol. The van der Waals surface area contributed by atoms with Crippen LogP contribution in [0.3, 0.4) is 0 Å². The summed E-state index contributed by atoms with van der Waals surface area (Å²) < 4.78 is 45.8. The maximum absolute atomic E-state index is 16.1. The second-order valence-electron chi connectivity index (χ2n) is 13.2. The Hall–Kier alpha value is -4.56. The van der Waals surface area contributed by atoms with E-state index in [2.05, 4.69) is 30.8 Å². The van der Waals surface area contributed by atoms with Crippen molar-refractivity contribution >= 4 is 23.6 Å². The van der Waals surface area contributed by atoms with Crippen LogP contribution in [0.15, 0.2) is 66.9 Å². The van der Waals surface area contributed by atoms with Gasteiger partial charge in [-0.2, -0.15) is 5.10 Å². The van der Waals surface area contributed by atoms with E-state index < -0.39 is 17.2 Å². The molecule has 3 N–H and O–H groups in total. The highest BCUT2D eigenvalue weighted by molar-refractivity contribution is 5.93. The largest absolute Gasteiger partial charge is 0.490 e. The topological polar surface area (TPSA) is 99.2 Å². The van der Waals surface area contributed by atoms with E-state index in [1.54, 1.807) is 42.2 Å². The van der Waals surface area contributed by atoms with Crippen molar-refractivity contribution in [1.29, 1.82) is 0 Å². The summed E-state index contributed by atoms with van der Waals surface area (Å²) >= 11 is 0. The highest BCUT2D eigenvalue weighted by Crippen LogP contribution is 2.52. The third-order valence-electron chi connectivity index (χ3n) is 10.1. The van der Waals surface area contributed by atoms with E-state index in [9.17, 15) is 4.79 Å². The van der Waals surface area contributed by atoms with E-state index >= 15 is 8.78 Å². The molecule has 270 valence electrons. The highest BCUT2D eigenvalue weighted by atomic mass is 19.1. The molecule has 3 aromatic carbocycles. The van der Waals surface area contributed by atoms with Crippen LogP contribution >= 0.6 is 0 Å². The van der Waals surface area contributed by atoms with Gasteiger partial charge in [-0.1, -0.05) is 24.3 Å². The van der Waals surface area contributed by atoms with Crippen molar-refractivity contribution in [2.24, 2.45) is 7.05 Å². The summed E-state index contributed by atoms with van der Waals surface area (Å²) in [5, 5.41) is 14.7. The van der Waals surface area contributed by atoms with E-state index in [0.29, 0.717) is 53.5 Å². The lowest BCUT2D eigenvalue weighted by Gasteiger charge is -2.42. The van der Waals surface area contributed by atoms with Gasteiger partial charge in [0, 0.05) is 78.1 Å². The molecule has 0 unspecified atom stereocenters. The minimum Gasteiger partial charge on any atom is -0.490 e. The number of piperazine rings is 2. The van der Waals surface area contributed by atoms with Crippen molar-refractivity contribution in [2.45, 2.75) is 18.4 Å². The fourth-order valence-corrected chi connectivity index (χ4v) is 7.47. The van der Waals surface area contributed by atoms with Crippen molar-refractivity contribution in [3.05, 3.63) is 95.2 Å². The molecule has 4 heterocycles. The van der Waals surface area contributed by atoms with Crippen LogP contribution in [0, 0.1) is 11.6 Å². The molecule has 2 fully saturated rings. The fourth-order valence-electron chi connectivity index (χ4n) is 7.47. The quantitative estimate of drug-likeness (QED) is 0.141. The minimum atomic E-state index is -1.53. The second kappa shape index (κ2) is 15.8. The molecule has 0 radical (unpaired) electrons. The Morgan fingerprint density at radius 1 is 0.804 bits per heavy atom. The van der Waals surface area contributed by atoms with Crippen LogP contribution in [-0.2, 0) is 17.4 Å². The number of rotatable bonds is 13. The van der Waals surface area contributed by atoms with Gasteiger partial charge in [-0.25, -0.2) is 8.78 Å². The number of aryl methyl sites for hydroxylation is 1. The molecule has 0 saturated carbocycles. The highest BCUT2D eigenvalue weighted by Gasteiger charge is 2.48. The summed E-state index contributed by atoms with van der Waals surface area (Å²) in [6.07, 6.45) is 3.87. The molecule has 11 nitrogen and oxygen atoms in total. The molecular weight excluding hydrogens is 654 g/mol. The smallest absolute Gasteiger partial charge is 0.215 e. The number of carbonyl (C=O) groups is 1. The van der Waals surface area contributed by atoms with E-state index in [-0.39, 0.29) is 11.5 Å². The SMILES string of the molecule is Cn1ncc2c1Nc1ccccc1N(C=O)C2(c1ccc(OCCCN2CCNCC2)c(F)c1)c1ccc(OCCCN2CCNCC2)c(F)c1. The van der Waals surface area contributed by atoms with E-state index in [0.717, 1.165) is 78.3 Å². The maximum Gasteiger partial charge on any atom is 0.215 e. The number of fused-ring (bicyclic) bond motifs is 2. The van der Waals surface area contributed by atoms with Crippen LogP contribution in [0.4, 0.5) is 26.0 Å². The average molecular weight is 701 g/mol. The van der Waals surface area contributed by atoms with E-state index in [4.69, 9.17) is 9.47 Å². The number of hydrogen-bond acceptors (Lipinski definition) is 9. The van der Waals surface area contributed by atoms with Crippen LogP contribution in [0.25, 0.3) is 0 Å². The number of para-hydroxylation sites is 2. The molecule has 1 amide bonds. The molecule has 3 aliphatic heterocycles. The van der Waals surface area contributed by atoms with Gasteiger partial charge in [0.25, 0.3) is 0 Å². The predicted octanol–water partition coefficient (Wildman–Crippen LogP) is 4.06. The van der Waals surface area contributed by atoms with Crippen molar-refractivity contribution in [3.8, 4) is 11.5 Å². The standard InChI is InChI=1S/C38H46F2N8O3/c1-45-37-30(26-43-45)38(48(27-49)34-7-3-2-6-33(34)44-37,28-8-10-35(31(39)24-28)50-22-4-16-46-18-12-41-13-19-46)29-9-11-36(32(40)25-29)51-23-5-17-47-20-14-42-15-21-47/h2-3,6-11,24-27,41-42,44H,4-5,12-23H2,1H3. The zero-order chi connectivity index (χ0) is 35.2. The number of aromatic nitrogens is 2. The van der Waals surface area contributed by atoms with E-state index in [1.165, 1.54) is 17.0 Å². The Bertz CT molecular complexity index is 1730. The molecule has 7 rings (SSSR count). The zero-order valence-electron chi connectivity index (χ0n) is 29.0. The van der Waals surface area contributed by atoms with Gasteiger partial charge < -0.3 is 35.2 Å². The van der Waals surface area contributed by atoms with Crippen LogP contribution in [-0.4, -0.2) is 105 Å².